The normalized spacial score (nSPS) is 20.6. The van der Waals surface area contributed by atoms with Gasteiger partial charge in [0.2, 0.25) is 0 Å². The number of pyridine rings is 1. The molecule has 4 heterocycles. The largest absolute Gasteiger partial charge is 0.371 e. The molecule has 1 saturated heterocycles. The van der Waals surface area contributed by atoms with Crippen molar-refractivity contribution in [3.8, 4) is 22.9 Å². The number of rotatable bonds is 3. The lowest BCUT2D eigenvalue weighted by molar-refractivity contribution is -0.000236. The van der Waals surface area contributed by atoms with Gasteiger partial charge < -0.3 is 15.0 Å². The Morgan fingerprint density at radius 2 is 2.00 bits per heavy atom. The highest BCUT2D eigenvalue weighted by molar-refractivity contribution is 6.29. The number of hydrogen-bond donors (Lipinski definition) is 2. The number of aromatic amines is 1. The van der Waals surface area contributed by atoms with Gasteiger partial charge in [-0.05, 0) is 30.7 Å². The summed E-state index contributed by atoms with van der Waals surface area (Å²) >= 11 is 6.26. The van der Waals surface area contributed by atoms with Crippen LogP contribution in [0.25, 0.3) is 22.9 Å². The quantitative estimate of drug-likeness (QED) is 0.701. The fraction of sp³-hybridized carbons (Fsp3) is 0.294. The van der Waals surface area contributed by atoms with E-state index >= 15 is 0 Å². The Balaban J connectivity index is 1.72. The van der Waals surface area contributed by atoms with Gasteiger partial charge in [0, 0.05) is 25.0 Å². The molecular weight excluding hydrogens is 340 g/mol. The SMILES string of the molecule is C[C@@H]1NCCO[C@H]1c1cc(Cl)nc(-c2cc(-c3ncc[nH]3)ncn2)c1. The van der Waals surface area contributed by atoms with Gasteiger partial charge >= 0.3 is 0 Å². The van der Waals surface area contributed by atoms with Crippen molar-refractivity contribution in [3.05, 3.63) is 47.6 Å². The van der Waals surface area contributed by atoms with Gasteiger partial charge in [0.25, 0.3) is 0 Å². The predicted octanol–water partition coefficient (Wildman–Crippen LogP) is 2.63. The lowest BCUT2D eigenvalue weighted by Crippen LogP contribution is -2.41. The topological polar surface area (TPSA) is 88.6 Å². The van der Waals surface area contributed by atoms with E-state index in [0.29, 0.717) is 34.7 Å². The number of aromatic nitrogens is 5. The zero-order valence-corrected chi connectivity index (χ0v) is 14.4. The highest BCUT2D eigenvalue weighted by atomic mass is 35.5. The van der Waals surface area contributed by atoms with Crippen LogP contribution in [0, 0.1) is 0 Å². The lowest BCUT2D eigenvalue weighted by atomic mass is 10.0. The molecule has 2 atom stereocenters. The van der Waals surface area contributed by atoms with Crippen molar-refractivity contribution in [2.24, 2.45) is 0 Å². The van der Waals surface area contributed by atoms with Crippen LogP contribution in [-0.2, 0) is 4.74 Å². The number of halogens is 1. The molecule has 0 aliphatic carbocycles. The van der Waals surface area contributed by atoms with Gasteiger partial charge in [-0.15, -0.1) is 0 Å². The second-order valence-electron chi connectivity index (χ2n) is 5.87. The number of hydrogen-bond acceptors (Lipinski definition) is 6. The average molecular weight is 357 g/mol. The third-order valence-electron chi connectivity index (χ3n) is 4.14. The fourth-order valence-corrected chi connectivity index (χ4v) is 3.17. The minimum absolute atomic E-state index is 0.0700. The second-order valence-corrected chi connectivity index (χ2v) is 6.26. The third-order valence-corrected chi connectivity index (χ3v) is 4.33. The van der Waals surface area contributed by atoms with Crippen molar-refractivity contribution in [2.75, 3.05) is 13.2 Å². The molecule has 1 aliphatic rings. The fourth-order valence-electron chi connectivity index (χ4n) is 2.95. The molecule has 3 aromatic heterocycles. The van der Waals surface area contributed by atoms with Gasteiger partial charge in [-0.1, -0.05) is 11.6 Å². The summed E-state index contributed by atoms with van der Waals surface area (Å²) in [6.45, 7) is 3.61. The van der Waals surface area contributed by atoms with Gasteiger partial charge in [0.15, 0.2) is 5.82 Å². The molecule has 2 N–H and O–H groups in total. The lowest BCUT2D eigenvalue weighted by Gasteiger charge is -2.30. The zero-order chi connectivity index (χ0) is 17.2. The molecule has 0 spiro atoms. The Morgan fingerprint density at radius 1 is 1.12 bits per heavy atom. The summed E-state index contributed by atoms with van der Waals surface area (Å²) in [7, 11) is 0. The Hall–Kier alpha value is -2.35. The maximum absolute atomic E-state index is 6.26. The summed E-state index contributed by atoms with van der Waals surface area (Å²) < 4.78 is 5.91. The second kappa shape index (κ2) is 6.87. The van der Waals surface area contributed by atoms with Gasteiger partial charge in [0.1, 0.15) is 17.2 Å². The smallest absolute Gasteiger partial charge is 0.156 e. The van der Waals surface area contributed by atoms with E-state index in [1.807, 2.05) is 18.2 Å². The number of ether oxygens (including phenoxy) is 1. The van der Waals surface area contributed by atoms with Crippen molar-refractivity contribution in [2.45, 2.75) is 19.1 Å². The number of morpholine rings is 1. The molecule has 1 aliphatic heterocycles. The van der Waals surface area contributed by atoms with E-state index in [1.54, 1.807) is 12.4 Å². The van der Waals surface area contributed by atoms with Crippen LogP contribution in [0.5, 0.6) is 0 Å². The summed E-state index contributed by atoms with van der Waals surface area (Å²) in [4.78, 5) is 20.3. The van der Waals surface area contributed by atoms with Crippen molar-refractivity contribution in [1.29, 1.82) is 0 Å². The van der Waals surface area contributed by atoms with Gasteiger partial charge in [0.05, 0.1) is 24.1 Å². The summed E-state index contributed by atoms with van der Waals surface area (Å²) in [6.07, 6.45) is 4.86. The van der Waals surface area contributed by atoms with Crippen LogP contribution in [0.15, 0.2) is 36.9 Å². The molecule has 0 radical (unpaired) electrons. The molecule has 3 aromatic rings. The van der Waals surface area contributed by atoms with E-state index in [0.717, 1.165) is 12.1 Å². The van der Waals surface area contributed by atoms with E-state index in [-0.39, 0.29) is 12.1 Å². The monoisotopic (exact) mass is 356 g/mol. The Labute approximate surface area is 149 Å². The molecule has 0 saturated carbocycles. The van der Waals surface area contributed by atoms with Crippen molar-refractivity contribution in [3.63, 3.8) is 0 Å². The Kier molecular flexibility index (Phi) is 4.44. The average Bonchev–Trinajstić information content (AvgIpc) is 3.16. The zero-order valence-electron chi connectivity index (χ0n) is 13.6. The predicted molar refractivity (Wildman–Crippen MR) is 94.0 cm³/mol. The number of nitrogens with one attached hydrogen (secondary N) is 2. The molecule has 4 rings (SSSR count). The van der Waals surface area contributed by atoms with Gasteiger partial charge in [-0.2, -0.15) is 0 Å². The minimum Gasteiger partial charge on any atom is -0.371 e. The number of H-pyrrole nitrogens is 1. The van der Waals surface area contributed by atoms with Crippen LogP contribution >= 0.6 is 11.6 Å². The van der Waals surface area contributed by atoms with E-state index in [1.165, 1.54) is 6.33 Å². The van der Waals surface area contributed by atoms with Crippen LogP contribution in [0.4, 0.5) is 0 Å². The van der Waals surface area contributed by atoms with Crippen LogP contribution in [0.2, 0.25) is 5.15 Å². The summed E-state index contributed by atoms with van der Waals surface area (Å²) in [5.74, 6) is 0.680. The maximum atomic E-state index is 6.26. The first-order valence-corrected chi connectivity index (χ1v) is 8.43. The Bertz CT molecular complexity index is 869. The first-order valence-electron chi connectivity index (χ1n) is 8.05. The summed E-state index contributed by atoms with van der Waals surface area (Å²) in [6, 6.07) is 5.84. The highest BCUT2D eigenvalue weighted by Gasteiger charge is 2.24. The van der Waals surface area contributed by atoms with Crippen LogP contribution in [0.3, 0.4) is 0 Å². The number of nitrogens with zero attached hydrogens (tertiary/aromatic N) is 4. The van der Waals surface area contributed by atoms with Crippen molar-refractivity contribution >= 4 is 11.6 Å². The van der Waals surface area contributed by atoms with E-state index in [4.69, 9.17) is 16.3 Å². The molecule has 128 valence electrons. The van der Waals surface area contributed by atoms with E-state index < -0.39 is 0 Å². The maximum Gasteiger partial charge on any atom is 0.156 e. The molecular formula is C17H17ClN6O. The van der Waals surface area contributed by atoms with Gasteiger partial charge in [-0.3, -0.25) is 0 Å². The van der Waals surface area contributed by atoms with Crippen LogP contribution in [-0.4, -0.2) is 44.1 Å². The molecule has 8 heteroatoms. The highest BCUT2D eigenvalue weighted by Crippen LogP contribution is 2.29. The molecule has 0 bridgehead atoms. The van der Waals surface area contributed by atoms with E-state index in [2.05, 4.69) is 37.2 Å². The molecule has 0 aromatic carbocycles. The summed E-state index contributed by atoms with van der Waals surface area (Å²) in [5, 5.41) is 3.82. The molecule has 1 fully saturated rings. The van der Waals surface area contributed by atoms with E-state index in [9.17, 15) is 0 Å². The van der Waals surface area contributed by atoms with Crippen molar-refractivity contribution < 1.29 is 4.74 Å². The van der Waals surface area contributed by atoms with Gasteiger partial charge in [-0.25, -0.2) is 19.9 Å². The standard InChI is InChI=1S/C17H17ClN6O/c1-10-16(25-5-4-19-10)11-6-13(24-15(18)7-11)12-8-14(23-9-22-12)17-20-2-3-21-17/h2-3,6-10,16,19H,4-5H2,1H3,(H,20,21)/t10-,16+/m0/s1. The molecule has 7 nitrogen and oxygen atoms in total. The van der Waals surface area contributed by atoms with Crippen molar-refractivity contribution in [1.82, 2.24) is 30.2 Å². The van der Waals surface area contributed by atoms with Crippen LogP contribution in [0.1, 0.15) is 18.6 Å². The third kappa shape index (κ3) is 3.39. The first kappa shape index (κ1) is 16.1. The molecule has 25 heavy (non-hydrogen) atoms. The Morgan fingerprint density at radius 3 is 2.80 bits per heavy atom. The first-order chi connectivity index (χ1) is 12.2. The number of imidazole rings is 1. The summed E-state index contributed by atoms with van der Waals surface area (Å²) in [5.41, 5.74) is 3.04. The minimum atomic E-state index is -0.0700. The molecule has 0 amide bonds. The molecule has 0 unspecified atom stereocenters. The van der Waals surface area contributed by atoms with Crippen LogP contribution < -0.4 is 5.32 Å².